The first kappa shape index (κ1) is 11.1. The molecule has 15 heavy (non-hydrogen) atoms. The Kier molecular flexibility index (Phi) is 3.75. The van der Waals surface area contributed by atoms with Gasteiger partial charge in [-0.15, -0.1) is 0 Å². The van der Waals surface area contributed by atoms with E-state index < -0.39 is 0 Å². The van der Waals surface area contributed by atoms with Crippen molar-refractivity contribution in [3.63, 3.8) is 0 Å². The van der Waals surface area contributed by atoms with Gasteiger partial charge in [-0.05, 0) is 12.0 Å². The molecular formula is C10H12N4O. The minimum atomic E-state index is -0.346. The number of nitrogens with zero attached hydrogens (tertiary/aromatic N) is 3. The van der Waals surface area contributed by atoms with Crippen LogP contribution in [-0.4, -0.2) is 22.4 Å². The van der Waals surface area contributed by atoms with Gasteiger partial charge in [0.05, 0.1) is 6.07 Å². The molecule has 0 spiro atoms. The Labute approximate surface area is 88.2 Å². The first-order valence-corrected chi connectivity index (χ1v) is 4.62. The lowest BCUT2D eigenvalue weighted by Crippen LogP contribution is -2.24. The monoisotopic (exact) mass is 204 g/mol. The summed E-state index contributed by atoms with van der Waals surface area (Å²) in [7, 11) is 0. The maximum absolute atomic E-state index is 11.4. The maximum atomic E-state index is 11.4. The van der Waals surface area contributed by atoms with Crippen LogP contribution in [-0.2, 0) is 0 Å². The smallest absolute Gasteiger partial charge is 0.270 e. The molecule has 0 aliphatic heterocycles. The Balaban J connectivity index is 2.82. The third-order valence-electron chi connectivity index (χ3n) is 1.84. The number of carbonyl (C=O) groups is 1. The number of aromatic nitrogens is 2. The van der Waals surface area contributed by atoms with E-state index in [0.717, 1.165) is 5.69 Å². The maximum Gasteiger partial charge on any atom is 0.270 e. The van der Waals surface area contributed by atoms with Crippen molar-refractivity contribution in [1.29, 1.82) is 5.26 Å². The van der Waals surface area contributed by atoms with Gasteiger partial charge in [0.1, 0.15) is 18.6 Å². The van der Waals surface area contributed by atoms with Gasteiger partial charge >= 0.3 is 0 Å². The predicted octanol–water partition coefficient (Wildman–Crippen LogP) is 0.853. The summed E-state index contributed by atoms with van der Waals surface area (Å²) in [6.45, 7) is 3.96. The van der Waals surface area contributed by atoms with Crippen molar-refractivity contribution in [2.45, 2.75) is 19.8 Å². The highest BCUT2D eigenvalue weighted by Gasteiger charge is 2.09. The molecule has 0 atom stereocenters. The average Bonchev–Trinajstić information content (AvgIpc) is 2.26. The van der Waals surface area contributed by atoms with E-state index in [1.807, 2.05) is 19.9 Å². The molecule has 5 heteroatoms. The van der Waals surface area contributed by atoms with E-state index in [1.165, 1.54) is 6.33 Å². The van der Waals surface area contributed by atoms with E-state index >= 15 is 0 Å². The molecule has 0 fully saturated rings. The van der Waals surface area contributed by atoms with Crippen molar-refractivity contribution in [3.8, 4) is 6.07 Å². The third kappa shape index (κ3) is 3.02. The fourth-order valence-electron chi connectivity index (χ4n) is 1.02. The van der Waals surface area contributed by atoms with Crippen LogP contribution in [0.15, 0.2) is 12.4 Å². The summed E-state index contributed by atoms with van der Waals surface area (Å²) in [5, 5.41) is 10.7. The summed E-state index contributed by atoms with van der Waals surface area (Å²) in [6.07, 6.45) is 1.36. The molecule has 0 unspecified atom stereocenters. The van der Waals surface area contributed by atoms with Gasteiger partial charge in [-0.3, -0.25) is 4.79 Å². The van der Waals surface area contributed by atoms with E-state index in [2.05, 4.69) is 15.3 Å². The summed E-state index contributed by atoms with van der Waals surface area (Å²) >= 11 is 0. The highest BCUT2D eigenvalue weighted by molar-refractivity contribution is 5.92. The third-order valence-corrected chi connectivity index (χ3v) is 1.84. The van der Waals surface area contributed by atoms with Crippen molar-refractivity contribution in [2.24, 2.45) is 0 Å². The molecule has 0 radical (unpaired) electrons. The molecular weight excluding hydrogens is 192 g/mol. The van der Waals surface area contributed by atoms with Crippen molar-refractivity contribution < 1.29 is 4.79 Å². The average molecular weight is 204 g/mol. The molecule has 1 N–H and O–H groups in total. The van der Waals surface area contributed by atoms with Crippen molar-refractivity contribution in [1.82, 2.24) is 15.3 Å². The molecule has 5 nitrogen and oxygen atoms in total. The van der Waals surface area contributed by atoms with Crippen molar-refractivity contribution in [2.75, 3.05) is 6.54 Å². The number of rotatable bonds is 3. The highest BCUT2D eigenvalue weighted by atomic mass is 16.1. The SMILES string of the molecule is CC(C)c1cc(C(=O)NCC#N)ncn1. The Morgan fingerprint density at radius 1 is 1.60 bits per heavy atom. The van der Waals surface area contributed by atoms with Gasteiger partial charge in [-0.2, -0.15) is 5.26 Å². The predicted molar refractivity (Wildman–Crippen MR) is 54.1 cm³/mol. The number of hydrogen-bond donors (Lipinski definition) is 1. The van der Waals surface area contributed by atoms with Gasteiger partial charge in [0, 0.05) is 5.69 Å². The van der Waals surface area contributed by atoms with Crippen LogP contribution < -0.4 is 5.32 Å². The molecule has 1 aromatic heterocycles. The fourth-order valence-corrected chi connectivity index (χ4v) is 1.02. The molecule has 0 aliphatic rings. The van der Waals surface area contributed by atoms with Gasteiger partial charge in [-0.1, -0.05) is 13.8 Å². The second kappa shape index (κ2) is 5.05. The lowest BCUT2D eigenvalue weighted by atomic mass is 10.1. The number of hydrogen-bond acceptors (Lipinski definition) is 4. The van der Waals surface area contributed by atoms with E-state index in [4.69, 9.17) is 5.26 Å². The van der Waals surface area contributed by atoms with Crippen LogP contribution in [0.1, 0.15) is 35.9 Å². The number of nitriles is 1. The molecule has 1 aromatic rings. The molecule has 0 bridgehead atoms. The Bertz CT molecular complexity index is 395. The fraction of sp³-hybridized carbons (Fsp3) is 0.400. The van der Waals surface area contributed by atoms with Gasteiger partial charge in [0.2, 0.25) is 0 Å². The van der Waals surface area contributed by atoms with Crippen LogP contribution in [0.2, 0.25) is 0 Å². The number of amides is 1. The van der Waals surface area contributed by atoms with E-state index in [0.29, 0.717) is 5.69 Å². The quantitative estimate of drug-likeness (QED) is 0.740. The lowest BCUT2D eigenvalue weighted by Gasteiger charge is -2.05. The van der Waals surface area contributed by atoms with E-state index in [1.54, 1.807) is 6.07 Å². The summed E-state index contributed by atoms with van der Waals surface area (Å²) in [6, 6.07) is 3.47. The first-order chi connectivity index (χ1) is 7.15. The molecule has 1 amide bonds. The van der Waals surface area contributed by atoms with Gasteiger partial charge < -0.3 is 5.32 Å². The minimum Gasteiger partial charge on any atom is -0.338 e. The Morgan fingerprint density at radius 3 is 2.93 bits per heavy atom. The van der Waals surface area contributed by atoms with E-state index in [9.17, 15) is 4.79 Å². The second-order valence-electron chi connectivity index (χ2n) is 3.32. The Morgan fingerprint density at radius 2 is 2.33 bits per heavy atom. The van der Waals surface area contributed by atoms with E-state index in [-0.39, 0.29) is 18.4 Å². The molecule has 78 valence electrons. The molecule has 0 saturated carbocycles. The summed E-state index contributed by atoms with van der Waals surface area (Å²) in [5.74, 6) is -0.101. The van der Waals surface area contributed by atoms with Gasteiger partial charge in [0.25, 0.3) is 5.91 Å². The summed E-state index contributed by atoms with van der Waals surface area (Å²) in [5.41, 5.74) is 1.11. The largest absolute Gasteiger partial charge is 0.338 e. The van der Waals surface area contributed by atoms with Gasteiger partial charge in [0.15, 0.2) is 0 Å². The molecule has 1 rings (SSSR count). The molecule has 1 heterocycles. The van der Waals surface area contributed by atoms with Crippen LogP contribution in [0.25, 0.3) is 0 Å². The minimum absolute atomic E-state index is 0.0140. The standard InChI is InChI=1S/C10H12N4O/c1-7(2)8-5-9(14-6-13-8)10(15)12-4-3-11/h5-7H,4H2,1-2H3,(H,12,15). The number of carbonyl (C=O) groups excluding carboxylic acids is 1. The van der Waals surface area contributed by atoms with Crippen LogP contribution in [0, 0.1) is 11.3 Å². The molecule has 0 aromatic carbocycles. The topological polar surface area (TPSA) is 78.7 Å². The normalized spacial score (nSPS) is 9.73. The molecule has 0 saturated heterocycles. The van der Waals surface area contributed by atoms with Crippen molar-refractivity contribution in [3.05, 3.63) is 23.8 Å². The molecule has 0 aliphatic carbocycles. The first-order valence-electron chi connectivity index (χ1n) is 4.62. The summed E-state index contributed by atoms with van der Waals surface area (Å²) < 4.78 is 0. The zero-order chi connectivity index (χ0) is 11.3. The van der Waals surface area contributed by atoms with Gasteiger partial charge in [-0.25, -0.2) is 9.97 Å². The zero-order valence-electron chi connectivity index (χ0n) is 8.69. The van der Waals surface area contributed by atoms with Crippen molar-refractivity contribution >= 4 is 5.91 Å². The van der Waals surface area contributed by atoms with Crippen LogP contribution >= 0.6 is 0 Å². The zero-order valence-corrected chi connectivity index (χ0v) is 8.69. The Hall–Kier alpha value is -1.96. The van der Waals surface area contributed by atoms with Crippen LogP contribution in [0.5, 0.6) is 0 Å². The highest BCUT2D eigenvalue weighted by Crippen LogP contribution is 2.10. The second-order valence-corrected chi connectivity index (χ2v) is 3.32. The lowest BCUT2D eigenvalue weighted by molar-refractivity contribution is 0.0953. The number of nitrogens with one attached hydrogen (secondary N) is 1. The van der Waals surface area contributed by atoms with Crippen LogP contribution in [0.3, 0.4) is 0 Å². The summed E-state index contributed by atoms with van der Waals surface area (Å²) in [4.78, 5) is 19.3. The van der Waals surface area contributed by atoms with Crippen LogP contribution in [0.4, 0.5) is 0 Å².